The molecule has 1 aromatic heterocycles. The summed E-state index contributed by atoms with van der Waals surface area (Å²) < 4.78 is 0. The fraction of sp³-hybridized carbons (Fsp3) is 0.174. The van der Waals surface area contributed by atoms with E-state index in [2.05, 4.69) is 74.5 Å². The topological polar surface area (TPSA) is 12.9 Å². The molecule has 124 valence electrons. The van der Waals surface area contributed by atoms with Crippen LogP contribution in [0.15, 0.2) is 66.2 Å². The van der Waals surface area contributed by atoms with Crippen LogP contribution >= 0.6 is 11.6 Å². The third kappa shape index (κ3) is 3.12. The summed E-state index contributed by atoms with van der Waals surface area (Å²) in [5.41, 5.74) is 8.01. The third-order valence-electron chi connectivity index (χ3n) is 4.84. The van der Waals surface area contributed by atoms with Crippen LogP contribution in [0.1, 0.15) is 37.4 Å². The summed E-state index contributed by atoms with van der Waals surface area (Å²) in [6.07, 6.45) is 3.27. The minimum Gasteiger partial charge on any atom is -0.247 e. The maximum absolute atomic E-state index is 6.57. The molecule has 1 aliphatic carbocycles. The molecule has 0 spiro atoms. The molecule has 0 N–H and O–H groups in total. The number of fused-ring (bicyclic) bond motifs is 1. The van der Waals surface area contributed by atoms with Crippen LogP contribution in [0.3, 0.4) is 0 Å². The molecule has 0 amide bonds. The lowest BCUT2D eigenvalue weighted by Gasteiger charge is -2.21. The van der Waals surface area contributed by atoms with Crippen LogP contribution in [0.25, 0.3) is 28.5 Å². The van der Waals surface area contributed by atoms with Crippen molar-refractivity contribution in [3.63, 3.8) is 0 Å². The Kier molecular flexibility index (Phi) is 4.19. The van der Waals surface area contributed by atoms with Crippen molar-refractivity contribution in [2.75, 3.05) is 0 Å². The molecule has 3 aromatic rings. The van der Waals surface area contributed by atoms with Gasteiger partial charge in [-0.25, -0.2) is 4.98 Å². The molecule has 1 heterocycles. The Bertz CT molecular complexity index is 940. The number of benzene rings is 2. The number of aromatic nitrogens is 1. The number of allylic oxidation sites excluding steroid dienone is 1. The van der Waals surface area contributed by atoms with Crippen molar-refractivity contribution in [2.24, 2.45) is 0 Å². The normalized spacial score (nSPS) is 16.3. The van der Waals surface area contributed by atoms with Crippen molar-refractivity contribution < 1.29 is 0 Å². The van der Waals surface area contributed by atoms with E-state index in [1.54, 1.807) is 0 Å². The van der Waals surface area contributed by atoms with Crippen LogP contribution in [0.2, 0.25) is 5.02 Å². The van der Waals surface area contributed by atoms with Gasteiger partial charge in [-0.15, -0.1) is 0 Å². The maximum atomic E-state index is 6.57. The largest absolute Gasteiger partial charge is 0.247 e. The fourth-order valence-corrected chi connectivity index (χ4v) is 3.84. The molecule has 0 fully saturated rings. The standard InChI is InChI=1S/C23H20ClN/c1-15-12-16(2)20-14-21(24)23(25-22(20)13-15)19-10-8-18(9-11-19)17-6-4-3-5-7-17/h3-11,13-14,16H,12H2,1-2H3. The van der Waals surface area contributed by atoms with E-state index < -0.39 is 0 Å². The predicted molar refractivity (Wildman–Crippen MR) is 107 cm³/mol. The van der Waals surface area contributed by atoms with Gasteiger partial charge in [-0.2, -0.15) is 0 Å². The highest BCUT2D eigenvalue weighted by Crippen LogP contribution is 2.37. The molecule has 2 aromatic carbocycles. The van der Waals surface area contributed by atoms with Crippen LogP contribution in [-0.4, -0.2) is 4.98 Å². The summed E-state index contributed by atoms with van der Waals surface area (Å²) in [6, 6.07) is 20.9. The first-order chi connectivity index (χ1) is 12.1. The number of pyridine rings is 1. The van der Waals surface area contributed by atoms with Crippen molar-refractivity contribution in [2.45, 2.75) is 26.2 Å². The molecule has 25 heavy (non-hydrogen) atoms. The van der Waals surface area contributed by atoms with E-state index in [0.717, 1.165) is 28.4 Å². The molecule has 1 unspecified atom stereocenters. The molecule has 0 saturated carbocycles. The smallest absolute Gasteiger partial charge is 0.0895 e. The highest BCUT2D eigenvalue weighted by atomic mass is 35.5. The van der Waals surface area contributed by atoms with E-state index in [0.29, 0.717) is 5.92 Å². The number of halogens is 1. The molecule has 0 bridgehead atoms. The maximum Gasteiger partial charge on any atom is 0.0895 e. The summed E-state index contributed by atoms with van der Waals surface area (Å²) >= 11 is 6.57. The zero-order valence-corrected chi connectivity index (χ0v) is 15.2. The second kappa shape index (κ2) is 6.50. The Morgan fingerprint density at radius 2 is 1.56 bits per heavy atom. The molecule has 1 nitrogen and oxygen atoms in total. The molecular weight excluding hydrogens is 326 g/mol. The Balaban J connectivity index is 1.75. The minimum atomic E-state index is 0.472. The Hall–Kier alpha value is -2.38. The first-order valence-electron chi connectivity index (χ1n) is 8.65. The van der Waals surface area contributed by atoms with Gasteiger partial charge in [-0.1, -0.05) is 78.7 Å². The molecule has 0 aliphatic heterocycles. The molecule has 1 aliphatic rings. The average Bonchev–Trinajstić information content (AvgIpc) is 2.63. The van der Waals surface area contributed by atoms with Crippen LogP contribution in [0, 0.1) is 0 Å². The van der Waals surface area contributed by atoms with Crippen molar-refractivity contribution in [1.29, 1.82) is 0 Å². The summed E-state index contributed by atoms with van der Waals surface area (Å²) in [7, 11) is 0. The first-order valence-corrected chi connectivity index (χ1v) is 9.03. The van der Waals surface area contributed by atoms with Crippen LogP contribution in [-0.2, 0) is 0 Å². The van der Waals surface area contributed by atoms with Gasteiger partial charge in [0.15, 0.2) is 0 Å². The molecule has 2 heteroatoms. The monoisotopic (exact) mass is 345 g/mol. The summed E-state index contributed by atoms with van der Waals surface area (Å²) in [4.78, 5) is 4.88. The molecular formula is C23H20ClN. The van der Waals surface area contributed by atoms with Crippen LogP contribution in [0.4, 0.5) is 0 Å². The van der Waals surface area contributed by atoms with Crippen molar-refractivity contribution in [3.8, 4) is 22.4 Å². The minimum absolute atomic E-state index is 0.472. The van der Waals surface area contributed by atoms with Gasteiger partial charge in [0.2, 0.25) is 0 Å². The van der Waals surface area contributed by atoms with Crippen molar-refractivity contribution in [3.05, 3.63) is 82.5 Å². The molecule has 0 radical (unpaired) electrons. The van der Waals surface area contributed by atoms with E-state index in [1.807, 2.05) is 6.07 Å². The van der Waals surface area contributed by atoms with Gasteiger partial charge in [0.25, 0.3) is 0 Å². The van der Waals surface area contributed by atoms with Gasteiger partial charge in [0, 0.05) is 5.56 Å². The lowest BCUT2D eigenvalue weighted by molar-refractivity contribution is 0.736. The second-order valence-electron chi connectivity index (χ2n) is 6.83. The van der Waals surface area contributed by atoms with E-state index in [4.69, 9.17) is 16.6 Å². The van der Waals surface area contributed by atoms with Gasteiger partial charge < -0.3 is 0 Å². The lowest BCUT2D eigenvalue weighted by Crippen LogP contribution is -2.06. The van der Waals surface area contributed by atoms with E-state index in [1.165, 1.54) is 22.3 Å². The second-order valence-corrected chi connectivity index (χ2v) is 7.24. The fourth-order valence-electron chi connectivity index (χ4n) is 3.57. The average molecular weight is 346 g/mol. The highest BCUT2D eigenvalue weighted by molar-refractivity contribution is 6.33. The highest BCUT2D eigenvalue weighted by Gasteiger charge is 2.19. The SMILES string of the molecule is CC1=Cc2nc(-c3ccc(-c4ccccc4)cc3)c(Cl)cc2C(C)C1. The van der Waals surface area contributed by atoms with Crippen molar-refractivity contribution in [1.82, 2.24) is 4.98 Å². The number of nitrogens with zero attached hydrogens (tertiary/aromatic N) is 1. The lowest BCUT2D eigenvalue weighted by atomic mass is 9.87. The Morgan fingerprint density at radius 1 is 0.920 bits per heavy atom. The van der Waals surface area contributed by atoms with Gasteiger partial charge >= 0.3 is 0 Å². The van der Waals surface area contributed by atoms with Gasteiger partial charge in [-0.3, -0.25) is 0 Å². The zero-order valence-electron chi connectivity index (χ0n) is 14.5. The van der Waals surface area contributed by atoms with E-state index >= 15 is 0 Å². The number of hydrogen-bond acceptors (Lipinski definition) is 1. The quantitative estimate of drug-likeness (QED) is 0.488. The Labute approximate surface area is 154 Å². The van der Waals surface area contributed by atoms with Crippen LogP contribution < -0.4 is 0 Å². The Morgan fingerprint density at radius 3 is 2.28 bits per heavy atom. The number of rotatable bonds is 2. The first kappa shape index (κ1) is 16.1. The summed E-state index contributed by atoms with van der Waals surface area (Å²) in [6.45, 7) is 4.41. The van der Waals surface area contributed by atoms with Gasteiger partial charge in [-0.05, 0) is 48.1 Å². The van der Waals surface area contributed by atoms with Crippen LogP contribution in [0.5, 0.6) is 0 Å². The zero-order chi connectivity index (χ0) is 17.4. The number of hydrogen-bond donors (Lipinski definition) is 0. The summed E-state index contributed by atoms with van der Waals surface area (Å²) in [5.74, 6) is 0.472. The van der Waals surface area contributed by atoms with E-state index in [9.17, 15) is 0 Å². The van der Waals surface area contributed by atoms with Crippen molar-refractivity contribution >= 4 is 17.7 Å². The van der Waals surface area contributed by atoms with Gasteiger partial charge in [0.05, 0.1) is 16.4 Å². The molecule has 4 rings (SSSR count). The predicted octanol–water partition coefficient (Wildman–Crippen LogP) is 6.98. The third-order valence-corrected chi connectivity index (χ3v) is 5.13. The molecule has 0 saturated heterocycles. The van der Waals surface area contributed by atoms with E-state index in [-0.39, 0.29) is 0 Å². The summed E-state index contributed by atoms with van der Waals surface area (Å²) in [5, 5.41) is 0.728. The van der Waals surface area contributed by atoms with Gasteiger partial charge in [0.1, 0.15) is 0 Å². The molecule has 1 atom stereocenters.